The summed E-state index contributed by atoms with van der Waals surface area (Å²) in [5.74, 6) is -1.02. The Morgan fingerprint density at radius 1 is 1.19 bits per heavy atom. The molecular formula is C24H22N2O5. The molecule has 1 aliphatic heterocycles. The number of amides is 1. The first-order chi connectivity index (χ1) is 15.1. The maximum absolute atomic E-state index is 13.2. The predicted octanol–water partition coefficient (Wildman–Crippen LogP) is 4.24. The van der Waals surface area contributed by atoms with Crippen molar-refractivity contribution >= 4 is 11.7 Å². The molecule has 1 amide bonds. The number of ketones is 1. The summed E-state index contributed by atoms with van der Waals surface area (Å²) in [4.78, 5) is 31.7. The third-order valence-electron chi connectivity index (χ3n) is 5.04. The Bertz CT molecular complexity index is 1110. The van der Waals surface area contributed by atoms with Gasteiger partial charge in [0, 0.05) is 18.9 Å². The summed E-state index contributed by atoms with van der Waals surface area (Å²) in [6.07, 6.45) is 5.49. The maximum atomic E-state index is 13.2. The van der Waals surface area contributed by atoms with E-state index in [1.165, 1.54) is 17.2 Å². The number of aliphatic hydroxyl groups is 1. The lowest BCUT2D eigenvalue weighted by Crippen LogP contribution is -2.30. The maximum Gasteiger partial charge on any atom is 0.290 e. The van der Waals surface area contributed by atoms with Crippen LogP contribution in [0.3, 0.4) is 0 Å². The highest BCUT2D eigenvalue weighted by atomic mass is 16.5. The molecule has 0 fully saturated rings. The first kappa shape index (κ1) is 20.4. The number of hydrogen-bond acceptors (Lipinski definition) is 6. The van der Waals surface area contributed by atoms with Gasteiger partial charge in [-0.2, -0.15) is 0 Å². The number of benzene rings is 1. The van der Waals surface area contributed by atoms with Crippen molar-refractivity contribution in [3.63, 3.8) is 0 Å². The van der Waals surface area contributed by atoms with Crippen LogP contribution in [0.1, 0.15) is 41.1 Å². The molecule has 0 radical (unpaired) electrons. The van der Waals surface area contributed by atoms with Crippen LogP contribution >= 0.6 is 0 Å². The molecule has 1 atom stereocenters. The van der Waals surface area contributed by atoms with Crippen LogP contribution in [0.15, 0.2) is 82.9 Å². The Labute approximate surface area is 179 Å². The van der Waals surface area contributed by atoms with E-state index in [9.17, 15) is 14.7 Å². The molecule has 1 aliphatic rings. The minimum Gasteiger partial charge on any atom is -0.503 e. The summed E-state index contributed by atoms with van der Waals surface area (Å²) in [6.45, 7) is 2.76. The van der Waals surface area contributed by atoms with E-state index in [1.54, 1.807) is 42.7 Å². The van der Waals surface area contributed by atoms with Gasteiger partial charge in [-0.15, -0.1) is 0 Å². The topological polar surface area (TPSA) is 92.9 Å². The van der Waals surface area contributed by atoms with Crippen LogP contribution < -0.4 is 4.74 Å². The lowest BCUT2D eigenvalue weighted by atomic mass is 9.94. The summed E-state index contributed by atoms with van der Waals surface area (Å²) in [5.41, 5.74) is 1.47. The van der Waals surface area contributed by atoms with E-state index >= 15 is 0 Å². The van der Waals surface area contributed by atoms with Crippen molar-refractivity contribution in [2.24, 2.45) is 0 Å². The van der Waals surface area contributed by atoms with Crippen LogP contribution in [0.5, 0.6) is 5.75 Å². The number of aliphatic hydroxyl groups excluding tert-OH is 1. The molecule has 1 N–H and O–H groups in total. The lowest BCUT2D eigenvalue weighted by molar-refractivity contribution is -0.130. The van der Waals surface area contributed by atoms with Crippen molar-refractivity contribution < 1.29 is 23.8 Å². The van der Waals surface area contributed by atoms with Crippen molar-refractivity contribution in [1.82, 2.24) is 9.88 Å². The van der Waals surface area contributed by atoms with Crippen molar-refractivity contribution in [3.05, 3.63) is 95.4 Å². The molecule has 0 spiro atoms. The van der Waals surface area contributed by atoms with Gasteiger partial charge in [-0.05, 0) is 53.9 Å². The number of pyridine rings is 1. The lowest BCUT2D eigenvalue weighted by Gasteiger charge is -2.27. The Kier molecular flexibility index (Phi) is 5.84. The van der Waals surface area contributed by atoms with Crippen LogP contribution in [0, 0.1) is 0 Å². The first-order valence-corrected chi connectivity index (χ1v) is 10.0. The van der Waals surface area contributed by atoms with Gasteiger partial charge in [-0.25, -0.2) is 0 Å². The second-order valence-corrected chi connectivity index (χ2v) is 7.18. The Morgan fingerprint density at radius 3 is 2.71 bits per heavy atom. The summed E-state index contributed by atoms with van der Waals surface area (Å²) in [6, 6.07) is 13.1. The zero-order valence-corrected chi connectivity index (χ0v) is 17.0. The van der Waals surface area contributed by atoms with Gasteiger partial charge in [0.05, 0.1) is 24.5 Å². The molecular weight excluding hydrogens is 396 g/mol. The first-order valence-electron chi connectivity index (χ1n) is 10.0. The third kappa shape index (κ3) is 4.07. The normalized spacial score (nSPS) is 16.1. The van der Waals surface area contributed by atoms with E-state index in [0.717, 1.165) is 12.0 Å². The van der Waals surface area contributed by atoms with Crippen molar-refractivity contribution in [3.8, 4) is 5.75 Å². The highest BCUT2D eigenvalue weighted by Gasteiger charge is 2.44. The Morgan fingerprint density at radius 2 is 2.00 bits per heavy atom. The molecule has 1 aromatic carbocycles. The molecule has 31 heavy (non-hydrogen) atoms. The molecule has 0 aliphatic carbocycles. The number of carbonyl (C=O) groups is 2. The van der Waals surface area contributed by atoms with Gasteiger partial charge in [0.1, 0.15) is 5.75 Å². The smallest absolute Gasteiger partial charge is 0.290 e. The second-order valence-electron chi connectivity index (χ2n) is 7.18. The predicted molar refractivity (Wildman–Crippen MR) is 112 cm³/mol. The molecule has 4 rings (SSSR count). The summed E-state index contributed by atoms with van der Waals surface area (Å²) >= 11 is 0. The van der Waals surface area contributed by atoms with Gasteiger partial charge < -0.3 is 19.2 Å². The van der Waals surface area contributed by atoms with Crippen molar-refractivity contribution in [2.45, 2.75) is 25.9 Å². The van der Waals surface area contributed by atoms with Gasteiger partial charge in [0.15, 0.2) is 11.5 Å². The van der Waals surface area contributed by atoms with Gasteiger partial charge >= 0.3 is 0 Å². The largest absolute Gasteiger partial charge is 0.503 e. The highest BCUT2D eigenvalue weighted by molar-refractivity contribution is 6.15. The number of aromatic nitrogens is 1. The fraction of sp³-hybridized carbons (Fsp3) is 0.208. The number of ether oxygens (including phenoxy) is 1. The summed E-state index contributed by atoms with van der Waals surface area (Å²) < 4.78 is 11.0. The van der Waals surface area contributed by atoms with Crippen LogP contribution in [0.2, 0.25) is 0 Å². The average Bonchev–Trinajstić information content (AvgIpc) is 3.42. The molecule has 0 unspecified atom stereocenters. The molecule has 0 saturated carbocycles. The molecule has 7 heteroatoms. The molecule has 0 bridgehead atoms. The number of furan rings is 1. The zero-order chi connectivity index (χ0) is 21.8. The van der Waals surface area contributed by atoms with Gasteiger partial charge in [0.25, 0.3) is 5.91 Å². The highest BCUT2D eigenvalue weighted by Crippen LogP contribution is 2.40. The molecule has 2 aromatic heterocycles. The number of nitrogens with zero attached hydrogens (tertiary/aromatic N) is 2. The SMILES string of the molecule is CCCOc1cccc([C@@H]2C(C(=O)c3ccco3)=C(O)C(=O)N2Cc2ccncc2)c1. The third-order valence-corrected chi connectivity index (χ3v) is 5.04. The van der Waals surface area contributed by atoms with Gasteiger partial charge in [0.2, 0.25) is 5.78 Å². The van der Waals surface area contributed by atoms with Gasteiger partial charge in [-0.1, -0.05) is 19.1 Å². The van der Waals surface area contributed by atoms with E-state index in [-0.39, 0.29) is 17.9 Å². The quantitative estimate of drug-likeness (QED) is 0.550. The van der Waals surface area contributed by atoms with Crippen LogP contribution in [0.25, 0.3) is 0 Å². The molecule has 7 nitrogen and oxygen atoms in total. The van der Waals surface area contributed by atoms with Crippen LogP contribution in [0.4, 0.5) is 0 Å². The van der Waals surface area contributed by atoms with E-state index in [4.69, 9.17) is 9.15 Å². The van der Waals surface area contributed by atoms with E-state index in [2.05, 4.69) is 4.98 Å². The standard InChI is InChI=1S/C24H22N2O5/c1-2-12-30-18-6-3-5-17(14-18)21-20(22(27)19-7-4-13-31-19)23(28)24(29)26(21)15-16-8-10-25-11-9-16/h3-11,13-14,21,28H,2,12,15H2,1H3/t21-/m1/s1. The van der Waals surface area contributed by atoms with Crippen molar-refractivity contribution in [1.29, 1.82) is 0 Å². The zero-order valence-electron chi connectivity index (χ0n) is 17.0. The number of Topliss-reactive ketones (excluding diaryl/α,β-unsaturated/α-hetero) is 1. The molecule has 158 valence electrons. The summed E-state index contributed by atoms with van der Waals surface area (Å²) in [5, 5.41) is 10.7. The fourth-order valence-electron chi connectivity index (χ4n) is 3.61. The number of hydrogen-bond donors (Lipinski definition) is 1. The minimum absolute atomic E-state index is 0.0124. The molecule has 3 aromatic rings. The van der Waals surface area contributed by atoms with Gasteiger partial charge in [-0.3, -0.25) is 14.6 Å². The molecule has 0 saturated heterocycles. The Balaban J connectivity index is 1.77. The van der Waals surface area contributed by atoms with E-state index in [0.29, 0.717) is 17.9 Å². The second kappa shape index (κ2) is 8.87. The van der Waals surface area contributed by atoms with Crippen LogP contribution in [-0.4, -0.2) is 33.3 Å². The average molecular weight is 418 g/mol. The fourth-order valence-corrected chi connectivity index (χ4v) is 3.61. The van der Waals surface area contributed by atoms with E-state index in [1.807, 2.05) is 19.1 Å². The summed E-state index contributed by atoms with van der Waals surface area (Å²) in [7, 11) is 0. The number of rotatable bonds is 8. The monoisotopic (exact) mass is 418 g/mol. The Hall–Kier alpha value is -3.87. The minimum atomic E-state index is -0.788. The van der Waals surface area contributed by atoms with E-state index < -0.39 is 23.5 Å². The van der Waals surface area contributed by atoms with Crippen LogP contribution in [-0.2, 0) is 11.3 Å². The number of carbonyl (C=O) groups excluding carboxylic acids is 2. The van der Waals surface area contributed by atoms with Crippen molar-refractivity contribution in [2.75, 3.05) is 6.61 Å². The molecule has 3 heterocycles.